The lowest BCUT2D eigenvalue weighted by atomic mass is 9.97. The summed E-state index contributed by atoms with van der Waals surface area (Å²) in [5.41, 5.74) is 2.33. The summed E-state index contributed by atoms with van der Waals surface area (Å²) in [6.07, 6.45) is 3.67. The highest BCUT2D eigenvalue weighted by atomic mass is 16.5. The van der Waals surface area contributed by atoms with Crippen molar-refractivity contribution in [3.63, 3.8) is 0 Å². The van der Waals surface area contributed by atoms with Crippen LogP contribution in [0.3, 0.4) is 0 Å². The Bertz CT molecular complexity index is 417. The van der Waals surface area contributed by atoms with Gasteiger partial charge in [-0.2, -0.15) is 0 Å². The Morgan fingerprint density at radius 1 is 1.41 bits per heavy atom. The standard InChI is InChI=1S/C15H20O2/c1-10(2)14-6-4-5-13(9-12-7-8-12)15(14)17-11(3)16/h4-6,10,12H,7-9H2,1-3H3. The molecule has 0 N–H and O–H groups in total. The maximum Gasteiger partial charge on any atom is 0.308 e. The van der Waals surface area contributed by atoms with Gasteiger partial charge in [-0.05, 0) is 42.2 Å². The number of hydrogen-bond donors (Lipinski definition) is 0. The van der Waals surface area contributed by atoms with E-state index in [1.165, 1.54) is 25.3 Å². The first-order chi connectivity index (χ1) is 8.08. The first-order valence-electron chi connectivity index (χ1n) is 6.38. The molecular weight excluding hydrogens is 212 g/mol. The molecule has 0 aromatic heterocycles. The topological polar surface area (TPSA) is 26.3 Å². The fourth-order valence-corrected chi connectivity index (χ4v) is 2.12. The molecule has 1 aromatic carbocycles. The number of esters is 1. The van der Waals surface area contributed by atoms with Crippen LogP contribution in [-0.2, 0) is 11.2 Å². The normalized spacial score (nSPS) is 15.1. The third kappa shape index (κ3) is 3.09. The van der Waals surface area contributed by atoms with Crippen LogP contribution in [0.25, 0.3) is 0 Å². The Labute approximate surface area is 103 Å². The molecule has 1 aliphatic rings. The lowest BCUT2D eigenvalue weighted by Crippen LogP contribution is -2.08. The quantitative estimate of drug-likeness (QED) is 0.584. The summed E-state index contributed by atoms with van der Waals surface area (Å²) < 4.78 is 5.43. The maximum atomic E-state index is 11.2. The lowest BCUT2D eigenvalue weighted by Gasteiger charge is -2.16. The molecule has 0 amide bonds. The number of para-hydroxylation sites is 1. The van der Waals surface area contributed by atoms with E-state index in [1.54, 1.807) is 0 Å². The van der Waals surface area contributed by atoms with Gasteiger partial charge in [0, 0.05) is 6.92 Å². The van der Waals surface area contributed by atoms with Crippen LogP contribution < -0.4 is 4.74 Å². The Hall–Kier alpha value is -1.31. The Balaban J connectivity index is 2.33. The van der Waals surface area contributed by atoms with Gasteiger partial charge in [-0.1, -0.05) is 32.0 Å². The molecule has 0 radical (unpaired) electrons. The van der Waals surface area contributed by atoms with Crippen molar-refractivity contribution in [2.45, 2.75) is 46.0 Å². The zero-order valence-electron chi connectivity index (χ0n) is 10.8. The zero-order chi connectivity index (χ0) is 12.4. The molecule has 1 fully saturated rings. The van der Waals surface area contributed by atoms with Gasteiger partial charge in [0.1, 0.15) is 5.75 Å². The molecule has 1 aliphatic carbocycles. The third-order valence-corrected chi connectivity index (χ3v) is 3.20. The van der Waals surface area contributed by atoms with Crippen LogP contribution in [-0.4, -0.2) is 5.97 Å². The second kappa shape index (κ2) is 4.91. The third-order valence-electron chi connectivity index (χ3n) is 3.20. The van der Waals surface area contributed by atoms with E-state index in [-0.39, 0.29) is 5.97 Å². The molecule has 2 heteroatoms. The fraction of sp³-hybridized carbons (Fsp3) is 0.533. The minimum atomic E-state index is -0.227. The van der Waals surface area contributed by atoms with Crippen LogP contribution in [0.4, 0.5) is 0 Å². The smallest absolute Gasteiger partial charge is 0.308 e. The van der Waals surface area contributed by atoms with Crippen molar-refractivity contribution in [2.75, 3.05) is 0 Å². The highest BCUT2D eigenvalue weighted by Crippen LogP contribution is 2.38. The van der Waals surface area contributed by atoms with Crippen molar-refractivity contribution in [3.8, 4) is 5.75 Å². The van der Waals surface area contributed by atoms with Crippen molar-refractivity contribution in [3.05, 3.63) is 29.3 Å². The fourth-order valence-electron chi connectivity index (χ4n) is 2.12. The van der Waals surface area contributed by atoms with Crippen molar-refractivity contribution >= 4 is 5.97 Å². The molecule has 0 heterocycles. The molecule has 1 aromatic rings. The van der Waals surface area contributed by atoms with Gasteiger partial charge < -0.3 is 4.74 Å². The van der Waals surface area contributed by atoms with Crippen LogP contribution in [0.5, 0.6) is 5.75 Å². The first kappa shape index (κ1) is 12.2. The number of carbonyl (C=O) groups excluding carboxylic acids is 1. The van der Waals surface area contributed by atoms with Crippen LogP contribution in [0.2, 0.25) is 0 Å². The summed E-state index contributed by atoms with van der Waals surface area (Å²) in [5.74, 6) is 1.76. The summed E-state index contributed by atoms with van der Waals surface area (Å²) in [5, 5.41) is 0. The molecular formula is C15H20O2. The van der Waals surface area contributed by atoms with Gasteiger partial charge in [0.25, 0.3) is 0 Å². The van der Waals surface area contributed by atoms with Crippen LogP contribution in [0, 0.1) is 5.92 Å². The summed E-state index contributed by atoms with van der Waals surface area (Å²) >= 11 is 0. The van der Waals surface area contributed by atoms with Gasteiger partial charge >= 0.3 is 5.97 Å². The highest BCUT2D eigenvalue weighted by molar-refractivity contribution is 5.70. The van der Waals surface area contributed by atoms with Gasteiger partial charge in [-0.25, -0.2) is 0 Å². The van der Waals surface area contributed by atoms with E-state index >= 15 is 0 Å². The van der Waals surface area contributed by atoms with Crippen molar-refractivity contribution in [2.24, 2.45) is 5.92 Å². The molecule has 0 aliphatic heterocycles. The van der Waals surface area contributed by atoms with Crippen LogP contribution in [0.15, 0.2) is 18.2 Å². The minimum absolute atomic E-state index is 0.227. The predicted octanol–water partition coefficient (Wildman–Crippen LogP) is 3.69. The van der Waals surface area contributed by atoms with E-state index in [1.807, 2.05) is 0 Å². The summed E-state index contributed by atoms with van der Waals surface area (Å²) in [6, 6.07) is 6.21. The second-order valence-corrected chi connectivity index (χ2v) is 5.23. The van der Waals surface area contributed by atoms with E-state index in [0.29, 0.717) is 5.92 Å². The van der Waals surface area contributed by atoms with Crippen molar-refractivity contribution in [1.29, 1.82) is 0 Å². The summed E-state index contributed by atoms with van der Waals surface area (Å²) in [6.45, 7) is 5.73. The number of carbonyl (C=O) groups is 1. The number of ether oxygens (including phenoxy) is 1. The van der Waals surface area contributed by atoms with Gasteiger partial charge in [-0.3, -0.25) is 4.79 Å². The highest BCUT2D eigenvalue weighted by Gasteiger charge is 2.24. The Morgan fingerprint density at radius 2 is 2.12 bits per heavy atom. The number of hydrogen-bond acceptors (Lipinski definition) is 2. The van der Waals surface area contributed by atoms with E-state index in [9.17, 15) is 4.79 Å². The number of rotatable bonds is 4. The van der Waals surface area contributed by atoms with Crippen LogP contribution in [0.1, 0.15) is 50.7 Å². The lowest BCUT2D eigenvalue weighted by molar-refractivity contribution is -0.132. The van der Waals surface area contributed by atoms with Crippen molar-refractivity contribution < 1.29 is 9.53 Å². The molecule has 2 nitrogen and oxygen atoms in total. The molecule has 0 atom stereocenters. The second-order valence-electron chi connectivity index (χ2n) is 5.23. The Kier molecular flexibility index (Phi) is 3.51. The average molecular weight is 232 g/mol. The predicted molar refractivity (Wildman–Crippen MR) is 68.3 cm³/mol. The van der Waals surface area contributed by atoms with E-state index in [4.69, 9.17) is 4.74 Å². The van der Waals surface area contributed by atoms with E-state index in [0.717, 1.165) is 23.7 Å². The summed E-state index contributed by atoms with van der Waals surface area (Å²) in [4.78, 5) is 11.2. The monoisotopic (exact) mass is 232 g/mol. The Morgan fingerprint density at radius 3 is 2.65 bits per heavy atom. The number of benzene rings is 1. The molecule has 0 spiro atoms. The molecule has 0 unspecified atom stereocenters. The largest absolute Gasteiger partial charge is 0.426 e. The van der Waals surface area contributed by atoms with Gasteiger partial charge in [0.2, 0.25) is 0 Å². The molecule has 92 valence electrons. The van der Waals surface area contributed by atoms with E-state index < -0.39 is 0 Å². The van der Waals surface area contributed by atoms with Gasteiger partial charge in [0.15, 0.2) is 0 Å². The summed E-state index contributed by atoms with van der Waals surface area (Å²) in [7, 11) is 0. The van der Waals surface area contributed by atoms with Gasteiger partial charge in [0.05, 0.1) is 0 Å². The zero-order valence-corrected chi connectivity index (χ0v) is 10.8. The SMILES string of the molecule is CC(=O)Oc1c(CC2CC2)cccc1C(C)C. The minimum Gasteiger partial charge on any atom is -0.426 e. The molecule has 1 saturated carbocycles. The molecule has 2 rings (SSSR count). The van der Waals surface area contributed by atoms with E-state index in [2.05, 4.69) is 32.0 Å². The first-order valence-corrected chi connectivity index (χ1v) is 6.38. The maximum absolute atomic E-state index is 11.2. The molecule has 0 bridgehead atoms. The van der Waals surface area contributed by atoms with Crippen molar-refractivity contribution in [1.82, 2.24) is 0 Å². The van der Waals surface area contributed by atoms with Gasteiger partial charge in [-0.15, -0.1) is 0 Å². The van der Waals surface area contributed by atoms with Crippen LogP contribution >= 0.6 is 0 Å². The average Bonchev–Trinajstić information content (AvgIpc) is 3.03. The molecule has 0 saturated heterocycles. The molecule has 17 heavy (non-hydrogen) atoms.